The molecule has 1 atom stereocenters. The van der Waals surface area contributed by atoms with Crippen molar-refractivity contribution in [2.75, 3.05) is 29.9 Å². The number of nitrogens with zero attached hydrogens (tertiary/aromatic N) is 4. The second-order valence-electron chi connectivity index (χ2n) is 8.93. The first-order chi connectivity index (χ1) is 14.1. The minimum absolute atomic E-state index is 0.0218. The lowest BCUT2D eigenvalue weighted by molar-refractivity contribution is -0.133. The molecule has 1 fully saturated rings. The van der Waals surface area contributed by atoms with Crippen LogP contribution in [0, 0.1) is 6.92 Å². The maximum absolute atomic E-state index is 12.6. The van der Waals surface area contributed by atoms with Crippen LogP contribution in [0.1, 0.15) is 51.1 Å². The Hall–Kier alpha value is -2.48. The standard InChI is InChI=1S/C22H31N5O2S/c1-15-7-6-8-17(13-15)27-12-11-26(14-16(27)2)19(29)10-9-18(28)23-21-25-24-20(30-21)22(3,4)5/h6-8,13,16H,9-12,14H2,1-5H3,(H,23,25,28). The van der Waals surface area contributed by atoms with Gasteiger partial charge >= 0.3 is 0 Å². The number of carbonyl (C=O) groups is 2. The number of rotatable bonds is 5. The number of aryl methyl sites for hydroxylation is 1. The molecule has 0 spiro atoms. The highest BCUT2D eigenvalue weighted by Crippen LogP contribution is 2.28. The number of hydrogen-bond donors (Lipinski definition) is 1. The van der Waals surface area contributed by atoms with Gasteiger partial charge in [0, 0.05) is 49.6 Å². The van der Waals surface area contributed by atoms with Crippen molar-refractivity contribution in [2.45, 2.75) is 58.9 Å². The van der Waals surface area contributed by atoms with Gasteiger partial charge in [-0.25, -0.2) is 0 Å². The zero-order chi connectivity index (χ0) is 21.9. The Morgan fingerprint density at radius 2 is 1.97 bits per heavy atom. The zero-order valence-electron chi connectivity index (χ0n) is 18.4. The smallest absolute Gasteiger partial charge is 0.226 e. The molecule has 30 heavy (non-hydrogen) atoms. The van der Waals surface area contributed by atoms with Crippen LogP contribution < -0.4 is 10.2 Å². The second-order valence-corrected chi connectivity index (χ2v) is 9.91. The third-order valence-corrected chi connectivity index (χ3v) is 6.46. The third-order valence-electron chi connectivity index (χ3n) is 5.19. The largest absolute Gasteiger partial charge is 0.365 e. The lowest BCUT2D eigenvalue weighted by Crippen LogP contribution is -2.53. The van der Waals surface area contributed by atoms with Crippen LogP contribution in [0.25, 0.3) is 0 Å². The van der Waals surface area contributed by atoms with E-state index in [1.54, 1.807) is 0 Å². The molecule has 8 heteroatoms. The summed E-state index contributed by atoms with van der Waals surface area (Å²) in [5.41, 5.74) is 2.32. The van der Waals surface area contributed by atoms with Gasteiger partial charge in [-0.3, -0.25) is 9.59 Å². The van der Waals surface area contributed by atoms with Gasteiger partial charge < -0.3 is 15.1 Å². The lowest BCUT2D eigenvalue weighted by Gasteiger charge is -2.41. The first kappa shape index (κ1) is 22.2. The molecule has 1 aliphatic rings. The average Bonchev–Trinajstić information content (AvgIpc) is 3.15. The third kappa shape index (κ3) is 5.56. The predicted octanol–water partition coefficient (Wildman–Crippen LogP) is 3.60. The van der Waals surface area contributed by atoms with Crippen molar-refractivity contribution in [3.8, 4) is 0 Å². The molecule has 0 aliphatic carbocycles. The summed E-state index contributed by atoms with van der Waals surface area (Å²) in [6, 6.07) is 8.68. The Bertz CT molecular complexity index is 905. The molecule has 1 saturated heterocycles. The minimum atomic E-state index is -0.202. The Balaban J connectivity index is 1.47. The maximum Gasteiger partial charge on any atom is 0.226 e. The molecule has 0 radical (unpaired) electrons. The zero-order valence-corrected chi connectivity index (χ0v) is 19.3. The van der Waals surface area contributed by atoms with Crippen LogP contribution in [0.15, 0.2) is 24.3 Å². The molecule has 1 aliphatic heterocycles. The number of nitrogens with one attached hydrogen (secondary N) is 1. The normalized spacial score (nSPS) is 17.2. The van der Waals surface area contributed by atoms with E-state index in [1.807, 2.05) is 4.90 Å². The minimum Gasteiger partial charge on any atom is -0.365 e. The van der Waals surface area contributed by atoms with Gasteiger partial charge in [0.2, 0.25) is 16.9 Å². The van der Waals surface area contributed by atoms with E-state index < -0.39 is 0 Å². The first-order valence-corrected chi connectivity index (χ1v) is 11.2. The summed E-state index contributed by atoms with van der Waals surface area (Å²) in [5, 5.41) is 12.3. The number of piperazine rings is 1. The highest BCUT2D eigenvalue weighted by atomic mass is 32.1. The van der Waals surface area contributed by atoms with Crippen LogP contribution in [0.5, 0.6) is 0 Å². The fourth-order valence-corrected chi connectivity index (χ4v) is 4.33. The number of carbonyl (C=O) groups excluding carboxylic acids is 2. The van der Waals surface area contributed by atoms with Gasteiger partial charge in [0.05, 0.1) is 0 Å². The number of hydrogen-bond acceptors (Lipinski definition) is 6. The molecule has 1 aromatic heterocycles. The Morgan fingerprint density at radius 1 is 1.20 bits per heavy atom. The first-order valence-electron chi connectivity index (χ1n) is 10.4. The molecular formula is C22H31N5O2S. The van der Waals surface area contributed by atoms with Gasteiger partial charge in [-0.15, -0.1) is 10.2 Å². The molecule has 7 nitrogen and oxygen atoms in total. The summed E-state index contributed by atoms with van der Waals surface area (Å²) in [7, 11) is 0. The van der Waals surface area contributed by atoms with Gasteiger partial charge in [-0.05, 0) is 31.5 Å². The van der Waals surface area contributed by atoms with Crippen molar-refractivity contribution in [2.24, 2.45) is 0 Å². The van der Waals surface area contributed by atoms with Gasteiger partial charge in [0.15, 0.2) is 0 Å². The molecule has 0 saturated carbocycles. The van der Waals surface area contributed by atoms with Gasteiger partial charge in [-0.2, -0.15) is 0 Å². The highest BCUT2D eigenvalue weighted by molar-refractivity contribution is 7.15. The van der Waals surface area contributed by atoms with E-state index >= 15 is 0 Å². The summed E-state index contributed by atoms with van der Waals surface area (Å²) >= 11 is 1.37. The van der Waals surface area contributed by atoms with Crippen molar-refractivity contribution in [3.63, 3.8) is 0 Å². The van der Waals surface area contributed by atoms with E-state index in [9.17, 15) is 9.59 Å². The van der Waals surface area contributed by atoms with Crippen LogP contribution in [-0.4, -0.2) is 52.6 Å². The van der Waals surface area contributed by atoms with Crippen LogP contribution in [0.3, 0.4) is 0 Å². The van der Waals surface area contributed by atoms with Crippen molar-refractivity contribution in [3.05, 3.63) is 34.8 Å². The van der Waals surface area contributed by atoms with Crippen molar-refractivity contribution in [1.29, 1.82) is 0 Å². The second kappa shape index (κ2) is 9.12. The van der Waals surface area contributed by atoms with Crippen LogP contribution in [-0.2, 0) is 15.0 Å². The van der Waals surface area contributed by atoms with E-state index in [0.29, 0.717) is 18.2 Å². The topological polar surface area (TPSA) is 78.4 Å². The van der Waals surface area contributed by atoms with E-state index in [2.05, 4.69) is 79.3 Å². The Kier molecular flexibility index (Phi) is 6.75. The summed E-state index contributed by atoms with van der Waals surface area (Å²) < 4.78 is 0. The van der Waals surface area contributed by atoms with E-state index in [-0.39, 0.29) is 36.1 Å². The maximum atomic E-state index is 12.6. The molecule has 0 bridgehead atoms. The SMILES string of the molecule is Cc1cccc(N2CCN(C(=O)CCC(=O)Nc3nnc(C(C)(C)C)s3)CC2C)c1. The van der Waals surface area contributed by atoms with Crippen molar-refractivity contribution >= 4 is 34.0 Å². The lowest BCUT2D eigenvalue weighted by atomic mass is 9.98. The van der Waals surface area contributed by atoms with E-state index in [0.717, 1.165) is 11.6 Å². The molecule has 1 unspecified atom stereocenters. The summed E-state index contributed by atoms with van der Waals surface area (Å²) in [6.07, 6.45) is 0.351. The summed E-state index contributed by atoms with van der Waals surface area (Å²) in [5.74, 6) is -0.181. The Labute approximate surface area is 182 Å². The van der Waals surface area contributed by atoms with Gasteiger partial charge in [0.25, 0.3) is 0 Å². The Morgan fingerprint density at radius 3 is 2.60 bits per heavy atom. The van der Waals surface area contributed by atoms with E-state index in [4.69, 9.17) is 0 Å². The number of amides is 2. The predicted molar refractivity (Wildman–Crippen MR) is 121 cm³/mol. The van der Waals surface area contributed by atoms with Crippen molar-refractivity contribution < 1.29 is 9.59 Å². The van der Waals surface area contributed by atoms with Crippen LogP contribution >= 0.6 is 11.3 Å². The molecular weight excluding hydrogens is 398 g/mol. The van der Waals surface area contributed by atoms with E-state index in [1.165, 1.54) is 22.6 Å². The number of benzene rings is 1. The highest BCUT2D eigenvalue weighted by Gasteiger charge is 2.27. The fraction of sp³-hybridized carbons (Fsp3) is 0.545. The van der Waals surface area contributed by atoms with Gasteiger partial charge in [-0.1, -0.05) is 44.2 Å². The molecule has 1 aromatic carbocycles. The molecule has 3 rings (SSSR count). The van der Waals surface area contributed by atoms with Crippen LogP contribution in [0.2, 0.25) is 0 Å². The molecule has 2 amide bonds. The fourth-order valence-electron chi connectivity index (χ4n) is 3.51. The summed E-state index contributed by atoms with van der Waals surface area (Å²) in [4.78, 5) is 29.1. The molecule has 2 aromatic rings. The number of aromatic nitrogens is 2. The van der Waals surface area contributed by atoms with Gasteiger partial charge in [0.1, 0.15) is 5.01 Å². The summed E-state index contributed by atoms with van der Waals surface area (Å²) in [6.45, 7) is 12.5. The quantitative estimate of drug-likeness (QED) is 0.786. The average molecular weight is 430 g/mol. The molecule has 2 heterocycles. The molecule has 162 valence electrons. The molecule has 1 N–H and O–H groups in total. The van der Waals surface area contributed by atoms with Crippen LogP contribution in [0.4, 0.5) is 10.8 Å². The van der Waals surface area contributed by atoms with Crippen molar-refractivity contribution in [1.82, 2.24) is 15.1 Å². The monoisotopic (exact) mass is 429 g/mol. The number of anilines is 2.